The molecule has 3 aromatic rings. The summed E-state index contributed by atoms with van der Waals surface area (Å²) in [6.07, 6.45) is 2.89. The van der Waals surface area contributed by atoms with Gasteiger partial charge in [0.05, 0.1) is 10.9 Å². The second-order valence-electron chi connectivity index (χ2n) is 6.61. The van der Waals surface area contributed by atoms with Crippen LogP contribution in [0.4, 0.5) is 0 Å². The lowest BCUT2D eigenvalue weighted by atomic mass is 9.93. The quantitative estimate of drug-likeness (QED) is 0.668. The molecule has 0 saturated heterocycles. The molecule has 3 nitrogen and oxygen atoms in total. The van der Waals surface area contributed by atoms with Crippen LogP contribution >= 0.6 is 0 Å². The first-order valence-electron chi connectivity index (χ1n) is 9.06. The molecule has 0 amide bonds. The van der Waals surface area contributed by atoms with Gasteiger partial charge in [-0.15, -0.1) is 0 Å². The van der Waals surface area contributed by atoms with Crippen molar-refractivity contribution in [2.75, 3.05) is 0 Å². The van der Waals surface area contributed by atoms with Crippen molar-refractivity contribution in [3.63, 3.8) is 0 Å². The second kappa shape index (κ2) is 7.14. The molecule has 4 heteroatoms. The highest BCUT2D eigenvalue weighted by Gasteiger charge is 2.31. The number of fused-ring (bicyclic) bond motifs is 1. The maximum absolute atomic E-state index is 13.0. The van der Waals surface area contributed by atoms with Crippen molar-refractivity contribution in [2.45, 2.75) is 24.3 Å². The van der Waals surface area contributed by atoms with Crippen LogP contribution in [0, 0.1) is 0 Å². The fraction of sp³-hybridized carbons (Fsp3) is 0.130. The molecule has 1 aliphatic rings. The molecule has 27 heavy (non-hydrogen) atoms. The highest BCUT2D eigenvalue weighted by Crippen LogP contribution is 2.42. The van der Waals surface area contributed by atoms with Gasteiger partial charge < -0.3 is 0 Å². The minimum atomic E-state index is -3.62. The average Bonchev–Trinajstić information content (AvgIpc) is 3.06. The average molecular weight is 375 g/mol. The van der Waals surface area contributed by atoms with Crippen molar-refractivity contribution in [1.29, 1.82) is 0 Å². The van der Waals surface area contributed by atoms with E-state index in [4.69, 9.17) is 0 Å². The van der Waals surface area contributed by atoms with Crippen LogP contribution in [0.3, 0.4) is 0 Å². The summed E-state index contributed by atoms with van der Waals surface area (Å²) in [4.78, 5) is 0.283. The molecule has 0 saturated carbocycles. The van der Waals surface area contributed by atoms with Gasteiger partial charge in [0.25, 0.3) is 0 Å². The van der Waals surface area contributed by atoms with Crippen LogP contribution in [-0.2, 0) is 10.0 Å². The summed E-state index contributed by atoms with van der Waals surface area (Å²) >= 11 is 0. The molecule has 136 valence electrons. The molecule has 1 N–H and O–H groups in total. The molecule has 1 atom stereocenters. The number of hydrogen-bond donors (Lipinski definition) is 1. The van der Waals surface area contributed by atoms with Gasteiger partial charge in [-0.1, -0.05) is 79.7 Å². The van der Waals surface area contributed by atoms with Crippen molar-refractivity contribution in [2.24, 2.45) is 0 Å². The Bertz CT molecular complexity index is 1090. The third-order valence-electron chi connectivity index (χ3n) is 4.96. The Hall–Kier alpha value is -2.69. The molecular formula is C23H21NO2S. The van der Waals surface area contributed by atoms with Crippen LogP contribution < -0.4 is 4.72 Å². The zero-order chi connectivity index (χ0) is 18.9. The van der Waals surface area contributed by atoms with E-state index in [1.54, 1.807) is 24.3 Å². The Morgan fingerprint density at radius 1 is 0.852 bits per heavy atom. The maximum atomic E-state index is 13.0. The predicted octanol–water partition coefficient (Wildman–Crippen LogP) is 5.18. The van der Waals surface area contributed by atoms with E-state index in [-0.39, 0.29) is 10.9 Å². The van der Waals surface area contributed by atoms with E-state index in [2.05, 4.69) is 35.9 Å². The first-order chi connectivity index (χ1) is 13.1. The van der Waals surface area contributed by atoms with Gasteiger partial charge in [-0.25, -0.2) is 8.42 Å². The van der Waals surface area contributed by atoms with Gasteiger partial charge in [-0.3, -0.25) is 0 Å². The molecular weight excluding hydrogens is 354 g/mol. The van der Waals surface area contributed by atoms with E-state index < -0.39 is 10.0 Å². The summed E-state index contributed by atoms with van der Waals surface area (Å²) in [5, 5.41) is 0. The zero-order valence-corrected chi connectivity index (χ0v) is 15.9. The summed E-state index contributed by atoms with van der Waals surface area (Å²) in [6.45, 7) is 2.06. The van der Waals surface area contributed by atoms with E-state index in [9.17, 15) is 8.42 Å². The van der Waals surface area contributed by atoms with E-state index in [1.165, 1.54) is 0 Å². The van der Waals surface area contributed by atoms with Crippen LogP contribution in [0.5, 0.6) is 0 Å². The highest BCUT2D eigenvalue weighted by atomic mass is 32.2. The monoisotopic (exact) mass is 375 g/mol. The first kappa shape index (κ1) is 17.7. The van der Waals surface area contributed by atoms with E-state index in [0.29, 0.717) is 0 Å². The third-order valence-corrected chi connectivity index (χ3v) is 6.40. The van der Waals surface area contributed by atoms with E-state index >= 15 is 0 Å². The van der Waals surface area contributed by atoms with E-state index in [1.807, 2.05) is 36.4 Å². The van der Waals surface area contributed by atoms with Crippen LogP contribution in [-0.4, -0.2) is 8.42 Å². The minimum absolute atomic E-state index is 0.283. The number of nitrogens with one attached hydrogen (secondary N) is 1. The largest absolute Gasteiger partial charge is 0.241 e. The van der Waals surface area contributed by atoms with Gasteiger partial charge in [0.15, 0.2) is 0 Å². The molecule has 0 radical (unpaired) electrons. The zero-order valence-electron chi connectivity index (χ0n) is 15.1. The summed E-state index contributed by atoms with van der Waals surface area (Å²) in [6, 6.07) is 24.4. The van der Waals surface area contributed by atoms with Gasteiger partial charge in [0.1, 0.15) is 0 Å². The van der Waals surface area contributed by atoms with Gasteiger partial charge >= 0.3 is 0 Å². The van der Waals surface area contributed by atoms with Crippen LogP contribution in [0.25, 0.3) is 17.2 Å². The molecule has 1 unspecified atom stereocenters. The molecule has 1 aliphatic carbocycles. The number of hydrogen-bond acceptors (Lipinski definition) is 2. The lowest BCUT2D eigenvalue weighted by Gasteiger charge is -2.21. The van der Waals surface area contributed by atoms with Gasteiger partial charge in [0.2, 0.25) is 10.0 Å². The van der Waals surface area contributed by atoms with Gasteiger partial charge in [-0.2, -0.15) is 4.72 Å². The number of rotatable bonds is 5. The Labute approximate surface area is 160 Å². The molecule has 0 aliphatic heterocycles. The summed E-state index contributed by atoms with van der Waals surface area (Å²) < 4.78 is 28.9. The standard InChI is InChI=1S/C23H21NO2S/c1-2-17-16-19-12-9-15-21(18-10-5-3-6-11-18)22(19)23(17)24-27(25,26)20-13-7-4-8-14-20/h3-16,23-24H,2H2,1H3. The Morgan fingerprint density at radius 3 is 2.19 bits per heavy atom. The lowest BCUT2D eigenvalue weighted by Crippen LogP contribution is -2.29. The Kier molecular flexibility index (Phi) is 4.68. The van der Waals surface area contributed by atoms with Crippen molar-refractivity contribution in [3.05, 3.63) is 95.6 Å². The SMILES string of the molecule is CCC1=Cc2cccc(-c3ccccc3)c2C1NS(=O)(=O)c1ccccc1. The maximum Gasteiger partial charge on any atom is 0.241 e. The summed E-state index contributed by atoms with van der Waals surface area (Å²) in [5.41, 5.74) is 5.33. The summed E-state index contributed by atoms with van der Waals surface area (Å²) in [7, 11) is -3.62. The fourth-order valence-corrected chi connectivity index (χ4v) is 4.86. The lowest BCUT2D eigenvalue weighted by molar-refractivity contribution is 0.570. The highest BCUT2D eigenvalue weighted by molar-refractivity contribution is 7.89. The first-order valence-corrected chi connectivity index (χ1v) is 10.5. The molecule has 0 fully saturated rings. The summed E-state index contributed by atoms with van der Waals surface area (Å²) in [5.74, 6) is 0. The van der Waals surface area contributed by atoms with Crippen LogP contribution in [0.1, 0.15) is 30.5 Å². The van der Waals surface area contributed by atoms with Crippen molar-refractivity contribution < 1.29 is 8.42 Å². The fourth-order valence-electron chi connectivity index (χ4n) is 3.63. The van der Waals surface area contributed by atoms with E-state index in [0.717, 1.165) is 34.2 Å². The Morgan fingerprint density at radius 2 is 1.52 bits per heavy atom. The van der Waals surface area contributed by atoms with Gasteiger partial charge in [0, 0.05) is 0 Å². The molecule has 0 spiro atoms. The van der Waals surface area contributed by atoms with Crippen molar-refractivity contribution in [3.8, 4) is 11.1 Å². The second-order valence-corrected chi connectivity index (χ2v) is 8.33. The van der Waals surface area contributed by atoms with Crippen LogP contribution in [0.15, 0.2) is 89.3 Å². The molecule has 0 aromatic heterocycles. The van der Waals surface area contributed by atoms with Crippen LogP contribution in [0.2, 0.25) is 0 Å². The number of benzene rings is 3. The molecule has 0 heterocycles. The van der Waals surface area contributed by atoms with Crippen molar-refractivity contribution >= 4 is 16.1 Å². The third kappa shape index (κ3) is 3.34. The minimum Gasteiger partial charge on any atom is -0.207 e. The predicted molar refractivity (Wildman–Crippen MR) is 110 cm³/mol. The Balaban J connectivity index is 1.80. The topological polar surface area (TPSA) is 46.2 Å². The normalized spacial score (nSPS) is 16.0. The van der Waals surface area contributed by atoms with Gasteiger partial charge in [-0.05, 0) is 46.4 Å². The van der Waals surface area contributed by atoms with Crippen molar-refractivity contribution in [1.82, 2.24) is 4.72 Å². The number of sulfonamides is 1. The molecule has 3 aromatic carbocycles. The molecule has 4 rings (SSSR count). The smallest absolute Gasteiger partial charge is 0.207 e. The molecule has 0 bridgehead atoms.